The van der Waals surface area contributed by atoms with Gasteiger partial charge in [-0.2, -0.15) is 0 Å². The van der Waals surface area contributed by atoms with Crippen LogP contribution in [0.3, 0.4) is 0 Å². The monoisotopic (exact) mass is 161 g/mol. The van der Waals surface area contributed by atoms with Gasteiger partial charge in [0.25, 0.3) is 0 Å². The second-order valence-corrected chi connectivity index (χ2v) is 3.48. The van der Waals surface area contributed by atoms with Crippen molar-refractivity contribution in [2.75, 3.05) is 0 Å². The summed E-state index contributed by atoms with van der Waals surface area (Å²) in [6, 6.07) is 10.6. The highest BCUT2D eigenvalue weighted by Crippen LogP contribution is 2.08. The summed E-state index contributed by atoms with van der Waals surface area (Å²) in [6.07, 6.45) is 3.68. The minimum Gasteiger partial charge on any atom is -0.0625 e. The van der Waals surface area contributed by atoms with E-state index < -0.39 is 0 Å². The third-order valence-corrected chi connectivity index (χ3v) is 2.01. The Kier molecular flexibility index (Phi) is 3.86. The van der Waals surface area contributed by atoms with Crippen LogP contribution in [-0.4, -0.2) is 0 Å². The molecule has 1 unspecified atom stereocenters. The van der Waals surface area contributed by atoms with Crippen molar-refractivity contribution in [1.29, 1.82) is 0 Å². The van der Waals surface area contributed by atoms with E-state index in [2.05, 4.69) is 44.2 Å². The molecular formula is C12H17. The van der Waals surface area contributed by atoms with Crippen LogP contribution in [0.4, 0.5) is 0 Å². The van der Waals surface area contributed by atoms with E-state index in [1.54, 1.807) is 0 Å². The fourth-order valence-corrected chi connectivity index (χ4v) is 1.30. The summed E-state index contributed by atoms with van der Waals surface area (Å²) in [4.78, 5) is 0. The van der Waals surface area contributed by atoms with E-state index >= 15 is 0 Å². The molecular weight excluding hydrogens is 144 g/mol. The average Bonchev–Trinajstić information content (AvgIpc) is 2.05. The minimum absolute atomic E-state index is 0.591. The molecule has 0 amide bonds. The van der Waals surface area contributed by atoms with Gasteiger partial charge in [-0.05, 0) is 24.3 Å². The fourth-order valence-electron chi connectivity index (χ4n) is 1.30. The molecule has 1 atom stereocenters. The highest BCUT2D eigenvalue weighted by Gasteiger charge is 1.94. The molecule has 1 rings (SSSR count). The molecule has 0 fully saturated rings. The second kappa shape index (κ2) is 4.97. The van der Waals surface area contributed by atoms with Crippen LogP contribution in [0.5, 0.6) is 0 Å². The highest BCUT2D eigenvalue weighted by molar-refractivity contribution is 5.14. The van der Waals surface area contributed by atoms with Crippen LogP contribution in [0, 0.1) is 12.8 Å². The normalized spacial score (nSPS) is 10.6. The van der Waals surface area contributed by atoms with Crippen LogP contribution in [0.2, 0.25) is 0 Å². The lowest BCUT2D eigenvalue weighted by atomic mass is 10.0. The van der Waals surface area contributed by atoms with Crippen LogP contribution < -0.4 is 0 Å². The summed E-state index contributed by atoms with van der Waals surface area (Å²) in [5.74, 6) is 0.591. The van der Waals surface area contributed by atoms with Gasteiger partial charge in [-0.3, -0.25) is 0 Å². The van der Waals surface area contributed by atoms with Gasteiger partial charge in [-0.1, -0.05) is 50.6 Å². The van der Waals surface area contributed by atoms with Crippen molar-refractivity contribution in [3.8, 4) is 0 Å². The lowest BCUT2D eigenvalue weighted by Gasteiger charge is -2.03. The standard InChI is InChI=1S/C12H17/c1-11(2)7-6-10-12-8-4-3-5-9-12/h3-5,8-9,11H,1,6-7,10H2,2H3. The van der Waals surface area contributed by atoms with Crippen molar-refractivity contribution in [1.82, 2.24) is 0 Å². The first kappa shape index (κ1) is 9.31. The van der Waals surface area contributed by atoms with Gasteiger partial charge >= 0.3 is 0 Å². The molecule has 0 heteroatoms. The van der Waals surface area contributed by atoms with E-state index in [-0.39, 0.29) is 0 Å². The van der Waals surface area contributed by atoms with Crippen molar-refractivity contribution in [3.05, 3.63) is 42.8 Å². The van der Waals surface area contributed by atoms with Gasteiger partial charge in [0.2, 0.25) is 0 Å². The van der Waals surface area contributed by atoms with Gasteiger partial charge in [0.1, 0.15) is 0 Å². The van der Waals surface area contributed by atoms with Crippen LogP contribution in [-0.2, 0) is 6.42 Å². The number of hydrogen-bond donors (Lipinski definition) is 0. The largest absolute Gasteiger partial charge is 0.0625 e. The zero-order valence-electron chi connectivity index (χ0n) is 7.79. The average molecular weight is 161 g/mol. The zero-order chi connectivity index (χ0) is 8.81. The van der Waals surface area contributed by atoms with Crippen molar-refractivity contribution in [2.24, 2.45) is 5.92 Å². The zero-order valence-corrected chi connectivity index (χ0v) is 7.79. The Balaban J connectivity index is 2.25. The molecule has 0 bridgehead atoms. The lowest BCUT2D eigenvalue weighted by molar-refractivity contribution is 0.603. The molecule has 1 aromatic carbocycles. The number of benzene rings is 1. The first-order valence-corrected chi connectivity index (χ1v) is 4.66. The van der Waals surface area contributed by atoms with Crippen LogP contribution in [0.15, 0.2) is 30.3 Å². The first-order valence-electron chi connectivity index (χ1n) is 4.66. The van der Waals surface area contributed by atoms with E-state index in [9.17, 15) is 0 Å². The molecule has 0 aliphatic heterocycles. The quantitative estimate of drug-likeness (QED) is 0.634. The SMILES string of the molecule is [CH2]C(C)CCCc1ccccc1. The molecule has 0 saturated carbocycles. The van der Waals surface area contributed by atoms with Crippen LogP contribution >= 0.6 is 0 Å². The summed E-state index contributed by atoms with van der Waals surface area (Å²) in [5, 5.41) is 0. The molecule has 0 aromatic heterocycles. The predicted molar refractivity (Wildman–Crippen MR) is 53.9 cm³/mol. The number of rotatable bonds is 4. The highest BCUT2D eigenvalue weighted by atomic mass is 14.0. The Morgan fingerprint density at radius 2 is 1.92 bits per heavy atom. The van der Waals surface area contributed by atoms with Crippen LogP contribution in [0.25, 0.3) is 0 Å². The van der Waals surface area contributed by atoms with Gasteiger partial charge < -0.3 is 0 Å². The maximum atomic E-state index is 3.97. The lowest BCUT2D eigenvalue weighted by Crippen LogP contribution is -1.90. The Bertz CT molecular complexity index is 199. The molecule has 0 heterocycles. The summed E-state index contributed by atoms with van der Waals surface area (Å²) in [5.41, 5.74) is 1.44. The topological polar surface area (TPSA) is 0 Å². The smallest absolute Gasteiger partial charge is 0.0279 e. The van der Waals surface area contributed by atoms with Crippen molar-refractivity contribution >= 4 is 0 Å². The molecule has 1 radical (unpaired) electrons. The van der Waals surface area contributed by atoms with E-state index in [4.69, 9.17) is 0 Å². The van der Waals surface area contributed by atoms with E-state index in [0.717, 1.165) is 0 Å². The van der Waals surface area contributed by atoms with E-state index in [1.165, 1.54) is 24.8 Å². The molecule has 1 aromatic rings. The minimum atomic E-state index is 0.591. The number of aryl methyl sites for hydroxylation is 1. The maximum absolute atomic E-state index is 3.97. The summed E-state index contributed by atoms with van der Waals surface area (Å²) < 4.78 is 0. The molecule has 0 aliphatic carbocycles. The summed E-state index contributed by atoms with van der Waals surface area (Å²) in [7, 11) is 0. The maximum Gasteiger partial charge on any atom is -0.0279 e. The predicted octanol–water partition coefficient (Wildman–Crippen LogP) is 3.48. The van der Waals surface area contributed by atoms with E-state index in [1.807, 2.05) is 0 Å². The van der Waals surface area contributed by atoms with Gasteiger partial charge in [0.15, 0.2) is 0 Å². The number of hydrogen-bond acceptors (Lipinski definition) is 0. The van der Waals surface area contributed by atoms with Crippen molar-refractivity contribution < 1.29 is 0 Å². The van der Waals surface area contributed by atoms with Crippen LogP contribution in [0.1, 0.15) is 25.3 Å². The van der Waals surface area contributed by atoms with Gasteiger partial charge in [0, 0.05) is 0 Å². The van der Waals surface area contributed by atoms with Gasteiger partial charge in [-0.15, -0.1) is 0 Å². The molecule has 0 saturated heterocycles. The van der Waals surface area contributed by atoms with Crippen molar-refractivity contribution in [2.45, 2.75) is 26.2 Å². The van der Waals surface area contributed by atoms with Crippen molar-refractivity contribution in [3.63, 3.8) is 0 Å². The molecule has 12 heavy (non-hydrogen) atoms. The molecule has 0 nitrogen and oxygen atoms in total. The Morgan fingerprint density at radius 1 is 1.25 bits per heavy atom. The Labute approximate surface area is 75.6 Å². The molecule has 0 N–H and O–H groups in total. The third-order valence-electron chi connectivity index (χ3n) is 2.01. The second-order valence-electron chi connectivity index (χ2n) is 3.48. The molecule has 0 aliphatic rings. The fraction of sp³-hybridized carbons (Fsp3) is 0.417. The van der Waals surface area contributed by atoms with E-state index in [0.29, 0.717) is 5.92 Å². The Hall–Kier alpha value is -0.780. The summed E-state index contributed by atoms with van der Waals surface area (Å²) >= 11 is 0. The van der Waals surface area contributed by atoms with Gasteiger partial charge in [0.05, 0.1) is 0 Å². The summed E-state index contributed by atoms with van der Waals surface area (Å²) in [6.45, 7) is 6.14. The first-order chi connectivity index (χ1) is 5.79. The molecule has 65 valence electrons. The third kappa shape index (κ3) is 3.56. The Morgan fingerprint density at radius 3 is 2.50 bits per heavy atom. The van der Waals surface area contributed by atoms with Gasteiger partial charge in [-0.25, -0.2) is 0 Å². The molecule has 0 spiro atoms.